The molecular formula is C15H17N3O2. The number of H-pyrrole nitrogens is 1. The number of carbonyl (C=O) groups excluding carboxylic acids is 1. The topological polar surface area (TPSA) is 79.2 Å². The number of nitrogens with zero attached hydrogens (tertiary/aromatic N) is 1. The third-order valence-electron chi connectivity index (χ3n) is 3.06. The van der Waals surface area contributed by atoms with Crippen molar-refractivity contribution in [2.24, 2.45) is 5.73 Å². The first-order valence-corrected chi connectivity index (χ1v) is 6.32. The molecule has 1 aromatic heterocycles. The molecule has 0 aliphatic carbocycles. The number of amides is 1. The molecule has 20 heavy (non-hydrogen) atoms. The molecule has 104 valence electrons. The van der Waals surface area contributed by atoms with Gasteiger partial charge in [-0.2, -0.15) is 0 Å². The number of carbonyl (C=O) groups is 1. The van der Waals surface area contributed by atoms with Crippen molar-refractivity contribution in [3.8, 4) is 0 Å². The molecule has 3 N–H and O–H groups in total. The van der Waals surface area contributed by atoms with Gasteiger partial charge in [0.15, 0.2) is 0 Å². The van der Waals surface area contributed by atoms with Gasteiger partial charge in [-0.3, -0.25) is 9.59 Å². The normalized spacial score (nSPS) is 10.3. The van der Waals surface area contributed by atoms with E-state index in [1.165, 1.54) is 18.3 Å². The molecule has 2 aromatic rings. The lowest BCUT2D eigenvalue weighted by molar-refractivity contribution is 0.0784. The molecule has 5 nitrogen and oxygen atoms in total. The second-order valence-electron chi connectivity index (χ2n) is 4.62. The molecule has 0 spiro atoms. The fourth-order valence-electron chi connectivity index (χ4n) is 1.89. The highest BCUT2D eigenvalue weighted by molar-refractivity contribution is 5.93. The monoisotopic (exact) mass is 271 g/mol. The van der Waals surface area contributed by atoms with Gasteiger partial charge in [-0.25, -0.2) is 0 Å². The Morgan fingerprint density at radius 2 is 1.80 bits per heavy atom. The van der Waals surface area contributed by atoms with Gasteiger partial charge in [0.05, 0.1) is 5.56 Å². The van der Waals surface area contributed by atoms with Crippen molar-refractivity contribution in [3.63, 3.8) is 0 Å². The molecule has 1 heterocycles. The maximum atomic E-state index is 12.2. The Bertz CT molecular complexity index is 626. The molecule has 0 aliphatic heterocycles. The minimum Gasteiger partial charge on any atom is -0.337 e. The van der Waals surface area contributed by atoms with E-state index in [1.54, 1.807) is 11.9 Å². The van der Waals surface area contributed by atoms with Crippen molar-refractivity contribution in [3.05, 3.63) is 69.6 Å². The van der Waals surface area contributed by atoms with E-state index in [0.29, 0.717) is 18.7 Å². The van der Waals surface area contributed by atoms with Gasteiger partial charge in [-0.1, -0.05) is 24.3 Å². The number of pyridine rings is 1. The van der Waals surface area contributed by atoms with Gasteiger partial charge in [0.25, 0.3) is 5.91 Å². The van der Waals surface area contributed by atoms with Crippen LogP contribution in [0.4, 0.5) is 0 Å². The van der Waals surface area contributed by atoms with Crippen molar-refractivity contribution >= 4 is 5.91 Å². The Hall–Kier alpha value is -2.40. The highest BCUT2D eigenvalue weighted by atomic mass is 16.2. The van der Waals surface area contributed by atoms with Gasteiger partial charge < -0.3 is 15.6 Å². The minimum atomic E-state index is -0.221. The van der Waals surface area contributed by atoms with Gasteiger partial charge >= 0.3 is 0 Å². The lowest BCUT2D eigenvalue weighted by Gasteiger charge is -2.17. The molecule has 0 radical (unpaired) electrons. The zero-order chi connectivity index (χ0) is 14.5. The van der Waals surface area contributed by atoms with Gasteiger partial charge in [-0.15, -0.1) is 0 Å². The lowest BCUT2D eigenvalue weighted by atomic mass is 10.1. The van der Waals surface area contributed by atoms with E-state index in [2.05, 4.69) is 4.98 Å². The van der Waals surface area contributed by atoms with Crippen LogP contribution >= 0.6 is 0 Å². The number of nitrogens with two attached hydrogens (primary N) is 1. The maximum Gasteiger partial charge on any atom is 0.255 e. The first-order valence-electron chi connectivity index (χ1n) is 6.32. The van der Waals surface area contributed by atoms with Crippen LogP contribution in [-0.4, -0.2) is 22.8 Å². The summed E-state index contributed by atoms with van der Waals surface area (Å²) in [5, 5.41) is 0. The number of aromatic amines is 1. The summed E-state index contributed by atoms with van der Waals surface area (Å²) < 4.78 is 0. The molecule has 0 saturated carbocycles. The predicted molar refractivity (Wildman–Crippen MR) is 77.2 cm³/mol. The van der Waals surface area contributed by atoms with Gasteiger partial charge in [-0.05, 0) is 17.2 Å². The summed E-state index contributed by atoms with van der Waals surface area (Å²) in [6, 6.07) is 10.7. The summed E-state index contributed by atoms with van der Waals surface area (Å²) >= 11 is 0. The molecule has 2 rings (SSSR count). The third-order valence-corrected chi connectivity index (χ3v) is 3.06. The summed E-state index contributed by atoms with van der Waals surface area (Å²) in [7, 11) is 1.73. The molecule has 0 bridgehead atoms. The van der Waals surface area contributed by atoms with Crippen molar-refractivity contribution < 1.29 is 4.79 Å². The summed E-state index contributed by atoms with van der Waals surface area (Å²) in [4.78, 5) is 27.2. The minimum absolute atomic E-state index is 0.135. The highest BCUT2D eigenvalue weighted by Crippen LogP contribution is 2.08. The summed E-state index contributed by atoms with van der Waals surface area (Å²) in [6.07, 6.45) is 1.43. The second kappa shape index (κ2) is 6.16. The van der Waals surface area contributed by atoms with E-state index >= 15 is 0 Å². The first-order chi connectivity index (χ1) is 9.60. The van der Waals surface area contributed by atoms with Crippen LogP contribution in [0.1, 0.15) is 21.5 Å². The first kappa shape index (κ1) is 14.0. The number of hydrogen-bond donors (Lipinski definition) is 2. The van der Waals surface area contributed by atoms with E-state index in [0.717, 1.165) is 11.1 Å². The maximum absolute atomic E-state index is 12.2. The smallest absolute Gasteiger partial charge is 0.255 e. The summed E-state index contributed by atoms with van der Waals surface area (Å²) in [5.74, 6) is -0.135. The van der Waals surface area contributed by atoms with Crippen LogP contribution in [0.3, 0.4) is 0 Å². The molecular weight excluding hydrogens is 254 g/mol. The Morgan fingerprint density at radius 3 is 2.35 bits per heavy atom. The van der Waals surface area contributed by atoms with Gasteiger partial charge in [0, 0.05) is 32.4 Å². The molecule has 0 atom stereocenters. The van der Waals surface area contributed by atoms with Crippen LogP contribution in [0.25, 0.3) is 0 Å². The Kier molecular flexibility index (Phi) is 4.32. The fourth-order valence-corrected chi connectivity index (χ4v) is 1.89. The Balaban J connectivity index is 2.06. The van der Waals surface area contributed by atoms with Crippen LogP contribution < -0.4 is 11.3 Å². The molecule has 1 aromatic carbocycles. The highest BCUT2D eigenvalue weighted by Gasteiger charge is 2.11. The Morgan fingerprint density at radius 1 is 1.15 bits per heavy atom. The average molecular weight is 271 g/mol. The summed E-state index contributed by atoms with van der Waals surface area (Å²) in [5.41, 5.74) is 7.88. The van der Waals surface area contributed by atoms with Crippen LogP contribution in [0.15, 0.2) is 47.4 Å². The van der Waals surface area contributed by atoms with E-state index < -0.39 is 0 Å². The van der Waals surface area contributed by atoms with Crippen molar-refractivity contribution in [2.75, 3.05) is 7.05 Å². The second-order valence-corrected chi connectivity index (χ2v) is 4.62. The van der Waals surface area contributed by atoms with Crippen molar-refractivity contribution in [1.82, 2.24) is 9.88 Å². The zero-order valence-corrected chi connectivity index (χ0v) is 11.3. The van der Waals surface area contributed by atoms with Crippen LogP contribution in [0.5, 0.6) is 0 Å². The van der Waals surface area contributed by atoms with E-state index in [-0.39, 0.29) is 11.5 Å². The predicted octanol–water partition coefficient (Wildman–Crippen LogP) is 1.11. The number of rotatable bonds is 4. The number of hydrogen-bond acceptors (Lipinski definition) is 3. The van der Waals surface area contributed by atoms with Crippen molar-refractivity contribution in [2.45, 2.75) is 13.1 Å². The van der Waals surface area contributed by atoms with Gasteiger partial charge in [0.2, 0.25) is 5.56 Å². The van der Waals surface area contributed by atoms with Crippen LogP contribution in [-0.2, 0) is 13.1 Å². The van der Waals surface area contributed by atoms with Crippen LogP contribution in [0.2, 0.25) is 0 Å². The molecule has 0 saturated heterocycles. The number of aromatic nitrogens is 1. The molecule has 0 fully saturated rings. The molecule has 5 heteroatoms. The standard InChI is InChI=1S/C15H17N3O2/c1-18(10-12-4-2-11(8-16)3-5-12)15(20)13-6-7-14(19)17-9-13/h2-7,9H,8,10,16H2,1H3,(H,17,19). The SMILES string of the molecule is CN(Cc1ccc(CN)cc1)C(=O)c1ccc(=O)[nH]c1. The molecule has 0 unspecified atom stereocenters. The number of nitrogens with one attached hydrogen (secondary N) is 1. The summed E-state index contributed by atoms with van der Waals surface area (Å²) in [6.45, 7) is 1.01. The fraction of sp³-hybridized carbons (Fsp3) is 0.200. The molecule has 0 aliphatic rings. The third kappa shape index (κ3) is 3.33. The number of benzene rings is 1. The van der Waals surface area contributed by atoms with Gasteiger partial charge in [0.1, 0.15) is 0 Å². The Labute approximate surface area is 117 Å². The largest absolute Gasteiger partial charge is 0.337 e. The van der Waals surface area contributed by atoms with E-state index in [4.69, 9.17) is 5.73 Å². The van der Waals surface area contributed by atoms with Crippen molar-refractivity contribution in [1.29, 1.82) is 0 Å². The average Bonchev–Trinajstić information content (AvgIpc) is 2.48. The molecule has 1 amide bonds. The van der Waals surface area contributed by atoms with E-state index in [1.807, 2.05) is 24.3 Å². The quantitative estimate of drug-likeness (QED) is 0.874. The zero-order valence-electron chi connectivity index (χ0n) is 11.3. The van der Waals surface area contributed by atoms with E-state index in [9.17, 15) is 9.59 Å². The lowest BCUT2D eigenvalue weighted by Crippen LogP contribution is -2.26. The van der Waals surface area contributed by atoms with Crippen LogP contribution in [0, 0.1) is 0 Å².